The molecule has 1 aromatic carbocycles. The standard InChI is InChI=1S/C14H20FNO/c1-17-14-8-6-13(7-9-14)16-10-11-2-4-12(15)5-3-11/h2-5,13-14,16H,6-10H2,1H3. The second-order valence-corrected chi connectivity index (χ2v) is 4.72. The van der Waals surface area contributed by atoms with Crippen molar-refractivity contribution in [2.45, 2.75) is 44.4 Å². The van der Waals surface area contributed by atoms with Crippen LogP contribution in [0.1, 0.15) is 31.2 Å². The van der Waals surface area contributed by atoms with Crippen molar-refractivity contribution < 1.29 is 9.13 Å². The molecule has 1 fully saturated rings. The highest BCUT2D eigenvalue weighted by Crippen LogP contribution is 2.20. The first kappa shape index (κ1) is 12.5. The molecular weight excluding hydrogens is 217 g/mol. The van der Waals surface area contributed by atoms with Gasteiger partial charge in [0.2, 0.25) is 0 Å². The Morgan fingerprint density at radius 1 is 1.18 bits per heavy atom. The van der Waals surface area contributed by atoms with Crippen LogP contribution in [-0.2, 0) is 11.3 Å². The molecule has 0 bridgehead atoms. The Kier molecular flexibility index (Phi) is 4.51. The lowest BCUT2D eigenvalue weighted by Crippen LogP contribution is -2.34. The van der Waals surface area contributed by atoms with Crippen molar-refractivity contribution in [1.29, 1.82) is 0 Å². The van der Waals surface area contributed by atoms with E-state index in [1.54, 1.807) is 7.11 Å². The molecule has 1 saturated carbocycles. The molecule has 0 spiro atoms. The third-order valence-corrected chi connectivity index (χ3v) is 3.52. The molecule has 3 heteroatoms. The number of nitrogens with one attached hydrogen (secondary N) is 1. The van der Waals surface area contributed by atoms with Crippen molar-refractivity contribution in [1.82, 2.24) is 5.32 Å². The van der Waals surface area contributed by atoms with Gasteiger partial charge in [0.1, 0.15) is 5.82 Å². The normalized spacial score (nSPS) is 24.8. The fraction of sp³-hybridized carbons (Fsp3) is 0.571. The van der Waals surface area contributed by atoms with Crippen LogP contribution in [0.15, 0.2) is 24.3 Å². The molecule has 0 saturated heterocycles. The Balaban J connectivity index is 1.74. The summed E-state index contributed by atoms with van der Waals surface area (Å²) in [5.41, 5.74) is 1.14. The average Bonchev–Trinajstić information content (AvgIpc) is 2.39. The van der Waals surface area contributed by atoms with Gasteiger partial charge in [0.15, 0.2) is 0 Å². The van der Waals surface area contributed by atoms with Gasteiger partial charge in [0, 0.05) is 19.7 Å². The first-order valence-electron chi connectivity index (χ1n) is 6.28. The summed E-state index contributed by atoms with van der Waals surface area (Å²) < 4.78 is 18.1. The van der Waals surface area contributed by atoms with E-state index in [2.05, 4.69) is 5.32 Å². The molecule has 1 aliphatic rings. The first-order chi connectivity index (χ1) is 8.28. The van der Waals surface area contributed by atoms with Gasteiger partial charge in [-0.3, -0.25) is 0 Å². The number of rotatable bonds is 4. The highest BCUT2D eigenvalue weighted by Gasteiger charge is 2.19. The molecule has 0 amide bonds. The smallest absolute Gasteiger partial charge is 0.123 e. The Hall–Kier alpha value is -0.930. The summed E-state index contributed by atoms with van der Waals surface area (Å²) in [5, 5.41) is 3.52. The summed E-state index contributed by atoms with van der Waals surface area (Å²) in [6.45, 7) is 0.822. The van der Waals surface area contributed by atoms with Crippen molar-refractivity contribution >= 4 is 0 Å². The van der Waals surface area contributed by atoms with E-state index in [1.165, 1.54) is 25.0 Å². The van der Waals surface area contributed by atoms with Gasteiger partial charge in [-0.2, -0.15) is 0 Å². The molecule has 1 N–H and O–H groups in total. The Labute approximate surface area is 102 Å². The second-order valence-electron chi connectivity index (χ2n) is 4.72. The number of hydrogen-bond donors (Lipinski definition) is 1. The van der Waals surface area contributed by atoms with Crippen LogP contribution in [0.3, 0.4) is 0 Å². The van der Waals surface area contributed by atoms with Gasteiger partial charge in [-0.05, 0) is 43.4 Å². The molecule has 1 aliphatic carbocycles. The summed E-state index contributed by atoms with van der Waals surface area (Å²) in [6.07, 6.45) is 5.05. The van der Waals surface area contributed by atoms with Crippen molar-refractivity contribution in [3.05, 3.63) is 35.6 Å². The molecule has 2 rings (SSSR count). The van der Waals surface area contributed by atoms with Gasteiger partial charge < -0.3 is 10.1 Å². The summed E-state index contributed by atoms with van der Waals surface area (Å²) in [7, 11) is 1.79. The van der Waals surface area contributed by atoms with E-state index in [9.17, 15) is 4.39 Å². The van der Waals surface area contributed by atoms with Crippen molar-refractivity contribution in [2.75, 3.05) is 7.11 Å². The lowest BCUT2D eigenvalue weighted by Gasteiger charge is -2.28. The number of halogens is 1. The zero-order valence-corrected chi connectivity index (χ0v) is 10.3. The van der Waals surface area contributed by atoms with Crippen LogP contribution >= 0.6 is 0 Å². The van der Waals surface area contributed by atoms with Gasteiger partial charge in [-0.15, -0.1) is 0 Å². The summed E-state index contributed by atoms with van der Waals surface area (Å²) >= 11 is 0. The van der Waals surface area contributed by atoms with Gasteiger partial charge in [0.05, 0.1) is 6.10 Å². The molecule has 0 aromatic heterocycles. The Morgan fingerprint density at radius 2 is 1.82 bits per heavy atom. The minimum absolute atomic E-state index is 0.172. The predicted octanol–water partition coefficient (Wildman–Crippen LogP) is 2.87. The van der Waals surface area contributed by atoms with E-state index in [0.29, 0.717) is 12.1 Å². The van der Waals surface area contributed by atoms with Crippen LogP contribution in [0.25, 0.3) is 0 Å². The number of benzene rings is 1. The maximum absolute atomic E-state index is 12.7. The molecule has 1 aromatic rings. The third kappa shape index (κ3) is 3.79. The van der Waals surface area contributed by atoms with Gasteiger partial charge in [-0.25, -0.2) is 4.39 Å². The number of methoxy groups -OCH3 is 1. The molecule has 0 heterocycles. The van der Waals surface area contributed by atoms with E-state index < -0.39 is 0 Å². The molecule has 2 nitrogen and oxygen atoms in total. The van der Waals surface area contributed by atoms with Crippen LogP contribution in [-0.4, -0.2) is 19.3 Å². The fourth-order valence-corrected chi connectivity index (χ4v) is 2.37. The Morgan fingerprint density at radius 3 is 2.41 bits per heavy atom. The van der Waals surface area contributed by atoms with Crippen LogP contribution in [0, 0.1) is 5.82 Å². The minimum Gasteiger partial charge on any atom is -0.381 e. The van der Waals surface area contributed by atoms with Gasteiger partial charge in [0.25, 0.3) is 0 Å². The quantitative estimate of drug-likeness (QED) is 0.869. The molecule has 0 unspecified atom stereocenters. The molecule has 94 valence electrons. The maximum Gasteiger partial charge on any atom is 0.123 e. The zero-order valence-electron chi connectivity index (χ0n) is 10.3. The third-order valence-electron chi connectivity index (χ3n) is 3.52. The fourth-order valence-electron chi connectivity index (χ4n) is 2.37. The SMILES string of the molecule is COC1CCC(NCc2ccc(F)cc2)CC1. The zero-order chi connectivity index (χ0) is 12.1. The van der Waals surface area contributed by atoms with Gasteiger partial charge in [-0.1, -0.05) is 12.1 Å². The molecular formula is C14H20FNO. The van der Waals surface area contributed by atoms with Crippen molar-refractivity contribution in [3.8, 4) is 0 Å². The van der Waals surface area contributed by atoms with Crippen molar-refractivity contribution in [3.63, 3.8) is 0 Å². The number of ether oxygens (including phenoxy) is 1. The molecule has 0 radical (unpaired) electrons. The first-order valence-corrected chi connectivity index (χ1v) is 6.28. The second kappa shape index (κ2) is 6.12. The monoisotopic (exact) mass is 237 g/mol. The summed E-state index contributed by atoms with van der Waals surface area (Å²) in [6, 6.07) is 7.27. The van der Waals surface area contributed by atoms with E-state index in [0.717, 1.165) is 24.9 Å². The van der Waals surface area contributed by atoms with Crippen molar-refractivity contribution in [2.24, 2.45) is 0 Å². The molecule has 0 aliphatic heterocycles. The molecule has 0 atom stereocenters. The highest BCUT2D eigenvalue weighted by atomic mass is 19.1. The summed E-state index contributed by atoms with van der Waals surface area (Å²) in [4.78, 5) is 0. The van der Waals surface area contributed by atoms with Crippen LogP contribution in [0.2, 0.25) is 0 Å². The number of hydrogen-bond acceptors (Lipinski definition) is 2. The molecule has 17 heavy (non-hydrogen) atoms. The van der Waals surface area contributed by atoms with E-state index in [1.807, 2.05) is 12.1 Å². The van der Waals surface area contributed by atoms with Crippen LogP contribution < -0.4 is 5.32 Å². The largest absolute Gasteiger partial charge is 0.381 e. The maximum atomic E-state index is 12.7. The highest BCUT2D eigenvalue weighted by molar-refractivity contribution is 5.15. The van der Waals surface area contributed by atoms with Crippen LogP contribution in [0.5, 0.6) is 0 Å². The van der Waals surface area contributed by atoms with Crippen LogP contribution in [0.4, 0.5) is 4.39 Å². The lowest BCUT2D eigenvalue weighted by molar-refractivity contribution is 0.0624. The van der Waals surface area contributed by atoms with E-state index >= 15 is 0 Å². The minimum atomic E-state index is -0.172. The average molecular weight is 237 g/mol. The van der Waals surface area contributed by atoms with Gasteiger partial charge >= 0.3 is 0 Å². The van der Waals surface area contributed by atoms with E-state index in [4.69, 9.17) is 4.74 Å². The van der Waals surface area contributed by atoms with E-state index in [-0.39, 0.29) is 5.82 Å². The lowest BCUT2D eigenvalue weighted by atomic mass is 9.93. The summed E-state index contributed by atoms with van der Waals surface area (Å²) in [5.74, 6) is -0.172. The topological polar surface area (TPSA) is 21.3 Å². The predicted molar refractivity (Wildman–Crippen MR) is 66.3 cm³/mol. The Bertz CT molecular complexity index is 331.